The molecule has 1 aromatic carbocycles. The van der Waals surface area contributed by atoms with Crippen molar-refractivity contribution in [1.29, 1.82) is 0 Å². The maximum absolute atomic E-state index is 11.2. The molecule has 4 nitrogen and oxygen atoms in total. The smallest absolute Gasteiger partial charge is 0.323 e. The van der Waals surface area contributed by atoms with Crippen LogP contribution < -0.4 is 5.73 Å². The van der Waals surface area contributed by atoms with Gasteiger partial charge < -0.3 is 10.5 Å². The van der Waals surface area contributed by atoms with Gasteiger partial charge in [0.25, 0.3) is 0 Å². The Bertz CT molecular complexity index is 663. The van der Waals surface area contributed by atoms with Crippen molar-refractivity contribution in [3.05, 3.63) is 40.5 Å². The molecule has 2 aromatic rings. The van der Waals surface area contributed by atoms with Crippen molar-refractivity contribution in [2.45, 2.75) is 18.7 Å². The number of fused-ring (bicyclic) bond motifs is 1. The van der Waals surface area contributed by atoms with E-state index in [1.165, 1.54) is 18.9 Å². The first kappa shape index (κ1) is 16.1. The molecule has 1 heterocycles. The van der Waals surface area contributed by atoms with E-state index in [0.717, 1.165) is 22.0 Å². The summed E-state index contributed by atoms with van der Waals surface area (Å²) in [5.41, 5.74) is 8.67. The van der Waals surface area contributed by atoms with Crippen LogP contribution in [0.15, 0.2) is 24.3 Å². The highest BCUT2D eigenvalue weighted by Gasteiger charge is 2.14. The minimum atomic E-state index is -0.616. The molecule has 1 aromatic heterocycles. The molecule has 1 unspecified atom stereocenters. The van der Waals surface area contributed by atoms with Crippen LogP contribution >= 0.6 is 23.4 Å². The molecule has 0 aliphatic heterocycles. The minimum absolute atomic E-state index is 0.402. The quantitative estimate of drug-likeness (QED) is 0.676. The van der Waals surface area contributed by atoms with Gasteiger partial charge in [-0.15, -0.1) is 0 Å². The molecule has 6 heteroatoms. The Morgan fingerprint density at radius 3 is 2.95 bits per heavy atom. The lowest BCUT2D eigenvalue weighted by Crippen LogP contribution is -2.33. The topological polar surface area (TPSA) is 65.2 Å². The fourth-order valence-corrected chi connectivity index (χ4v) is 3.15. The van der Waals surface area contributed by atoms with E-state index in [1.807, 2.05) is 31.2 Å². The van der Waals surface area contributed by atoms with E-state index in [2.05, 4.69) is 9.72 Å². The second-order valence-electron chi connectivity index (χ2n) is 4.78. The standard InChI is InChI=1S/C15H17ClN2O2S/c1-9-3-4-10-6-11(14(16)18-13(10)5-9)7-21-8-12(17)15(19)20-2/h3-6,12H,7-8,17H2,1-2H3. The van der Waals surface area contributed by atoms with Crippen molar-refractivity contribution in [1.82, 2.24) is 4.98 Å². The van der Waals surface area contributed by atoms with Gasteiger partial charge in [0.2, 0.25) is 0 Å². The van der Waals surface area contributed by atoms with Crippen LogP contribution in [0.25, 0.3) is 10.9 Å². The van der Waals surface area contributed by atoms with E-state index >= 15 is 0 Å². The van der Waals surface area contributed by atoms with Crippen molar-refractivity contribution in [2.75, 3.05) is 12.9 Å². The molecule has 0 amide bonds. The monoisotopic (exact) mass is 324 g/mol. The van der Waals surface area contributed by atoms with Crippen LogP contribution in [-0.2, 0) is 15.3 Å². The molecule has 112 valence electrons. The lowest BCUT2D eigenvalue weighted by molar-refractivity contribution is -0.141. The number of aryl methyl sites for hydroxylation is 1. The number of nitrogens with two attached hydrogens (primary N) is 1. The molecule has 21 heavy (non-hydrogen) atoms. The summed E-state index contributed by atoms with van der Waals surface area (Å²) < 4.78 is 4.59. The zero-order valence-electron chi connectivity index (χ0n) is 11.9. The average molecular weight is 325 g/mol. The van der Waals surface area contributed by atoms with Gasteiger partial charge in [-0.25, -0.2) is 4.98 Å². The molecule has 0 saturated carbocycles. The molecular formula is C15H17ClN2O2S. The molecule has 0 aliphatic rings. The fraction of sp³-hybridized carbons (Fsp3) is 0.333. The first-order valence-electron chi connectivity index (χ1n) is 6.48. The van der Waals surface area contributed by atoms with E-state index in [4.69, 9.17) is 17.3 Å². The Kier molecular flexibility index (Phi) is 5.45. The number of benzene rings is 1. The second-order valence-corrected chi connectivity index (χ2v) is 6.17. The van der Waals surface area contributed by atoms with Gasteiger partial charge in [0.05, 0.1) is 12.6 Å². The van der Waals surface area contributed by atoms with Crippen molar-refractivity contribution in [3.8, 4) is 0 Å². The number of methoxy groups -OCH3 is 1. The fourth-order valence-electron chi connectivity index (χ4n) is 1.91. The molecular weight excluding hydrogens is 308 g/mol. The van der Waals surface area contributed by atoms with E-state index in [1.54, 1.807) is 0 Å². The van der Waals surface area contributed by atoms with Gasteiger partial charge in [0, 0.05) is 22.5 Å². The van der Waals surface area contributed by atoms with Crippen LogP contribution in [0.3, 0.4) is 0 Å². The Labute approximate surface area is 133 Å². The van der Waals surface area contributed by atoms with Gasteiger partial charge in [0.1, 0.15) is 11.2 Å². The molecule has 0 radical (unpaired) electrons. The van der Waals surface area contributed by atoms with Gasteiger partial charge in [-0.1, -0.05) is 23.7 Å². The number of carbonyl (C=O) groups is 1. The van der Waals surface area contributed by atoms with E-state index in [0.29, 0.717) is 16.7 Å². The van der Waals surface area contributed by atoms with Crippen molar-refractivity contribution < 1.29 is 9.53 Å². The van der Waals surface area contributed by atoms with Crippen LogP contribution in [0.4, 0.5) is 0 Å². The number of rotatable bonds is 5. The Morgan fingerprint density at radius 1 is 1.48 bits per heavy atom. The summed E-state index contributed by atoms with van der Waals surface area (Å²) in [5, 5.41) is 1.55. The number of nitrogens with zero attached hydrogens (tertiary/aromatic N) is 1. The molecule has 2 rings (SSSR count). The predicted octanol–water partition coefficient (Wildman–Crippen LogP) is 2.93. The highest BCUT2D eigenvalue weighted by molar-refractivity contribution is 7.98. The molecule has 0 aliphatic carbocycles. The van der Waals surface area contributed by atoms with Crippen molar-refractivity contribution >= 4 is 40.2 Å². The molecule has 0 bridgehead atoms. The number of hydrogen-bond donors (Lipinski definition) is 1. The molecule has 1 atom stereocenters. The number of ether oxygens (including phenoxy) is 1. The maximum atomic E-state index is 11.2. The zero-order chi connectivity index (χ0) is 15.4. The van der Waals surface area contributed by atoms with Crippen LogP contribution in [0.1, 0.15) is 11.1 Å². The highest BCUT2D eigenvalue weighted by Crippen LogP contribution is 2.25. The Balaban J connectivity index is 2.07. The predicted molar refractivity (Wildman–Crippen MR) is 87.6 cm³/mol. The van der Waals surface area contributed by atoms with E-state index in [-0.39, 0.29) is 0 Å². The van der Waals surface area contributed by atoms with Crippen LogP contribution in [0.5, 0.6) is 0 Å². The third-order valence-corrected chi connectivity index (χ3v) is 4.50. The highest BCUT2D eigenvalue weighted by atomic mass is 35.5. The Morgan fingerprint density at radius 2 is 2.24 bits per heavy atom. The normalized spacial score (nSPS) is 12.4. The summed E-state index contributed by atoms with van der Waals surface area (Å²) in [6, 6.07) is 7.49. The summed E-state index contributed by atoms with van der Waals surface area (Å²) in [6.45, 7) is 2.02. The van der Waals surface area contributed by atoms with Gasteiger partial charge in [-0.05, 0) is 24.6 Å². The summed E-state index contributed by atoms with van der Waals surface area (Å²) >= 11 is 7.75. The van der Waals surface area contributed by atoms with Crippen molar-refractivity contribution in [2.24, 2.45) is 5.73 Å². The number of hydrogen-bond acceptors (Lipinski definition) is 5. The third-order valence-electron chi connectivity index (χ3n) is 3.06. The van der Waals surface area contributed by atoms with E-state index < -0.39 is 12.0 Å². The summed E-state index contributed by atoms with van der Waals surface area (Å²) in [7, 11) is 1.33. The number of thioether (sulfide) groups is 1. The molecule has 0 fully saturated rings. The summed E-state index contributed by atoms with van der Waals surface area (Å²) in [4.78, 5) is 15.6. The lowest BCUT2D eigenvalue weighted by Gasteiger charge is -2.10. The minimum Gasteiger partial charge on any atom is -0.468 e. The first-order valence-corrected chi connectivity index (χ1v) is 8.01. The Hall–Kier alpha value is -1.30. The van der Waals surface area contributed by atoms with Crippen LogP contribution in [0.2, 0.25) is 5.15 Å². The average Bonchev–Trinajstić information content (AvgIpc) is 2.46. The second kappa shape index (κ2) is 7.11. The lowest BCUT2D eigenvalue weighted by atomic mass is 10.1. The number of esters is 1. The van der Waals surface area contributed by atoms with E-state index in [9.17, 15) is 4.79 Å². The van der Waals surface area contributed by atoms with Crippen LogP contribution in [-0.4, -0.2) is 29.9 Å². The van der Waals surface area contributed by atoms with Gasteiger partial charge in [0.15, 0.2) is 0 Å². The van der Waals surface area contributed by atoms with Gasteiger partial charge in [-0.3, -0.25) is 4.79 Å². The number of halogens is 1. The SMILES string of the molecule is COC(=O)C(N)CSCc1cc2ccc(C)cc2nc1Cl. The van der Waals surface area contributed by atoms with Gasteiger partial charge in [-0.2, -0.15) is 11.8 Å². The maximum Gasteiger partial charge on any atom is 0.323 e. The molecule has 2 N–H and O–H groups in total. The molecule has 0 spiro atoms. The first-order chi connectivity index (χ1) is 10.0. The number of aromatic nitrogens is 1. The molecule has 0 saturated heterocycles. The summed E-state index contributed by atoms with van der Waals surface area (Å²) in [6.07, 6.45) is 0. The van der Waals surface area contributed by atoms with Gasteiger partial charge >= 0.3 is 5.97 Å². The number of carbonyl (C=O) groups excluding carboxylic acids is 1. The van der Waals surface area contributed by atoms with Crippen molar-refractivity contribution in [3.63, 3.8) is 0 Å². The largest absolute Gasteiger partial charge is 0.468 e. The van der Waals surface area contributed by atoms with Crippen LogP contribution in [0, 0.1) is 6.92 Å². The summed E-state index contributed by atoms with van der Waals surface area (Å²) in [5.74, 6) is 0.732. The number of pyridine rings is 1. The third kappa shape index (κ3) is 4.09. The zero-order valence-corrected chi connectivity index (χ0v) is 13.5.